The first-order chi connectivity index (χ1) is 17.2. The highest BCUT2D eigenvalue weighted by Gasteiger charge is 2.52. The van der Waals surface area contributed by atoms with E-state index in [1.165, 1.54) is 0 Å². The summed E-state index contributed by atoms with van der Waals surface area (Å²) in [7, 11) is -2.51. The van der Waals surface area contributed by atoms with Crippen LogP contribution in [-0.4, -0.2) is 58.9 Å². The number of hydrogen-bond donors (Lipinski definition) is 0. The first kappa shape index (κ1) is 33.6. The highest BCUT2D eigenvalue weighted by atomic mass is 31.1. The van der Waals surface area contributed by atoms with Gasteiger partial charge in [0.2, 0.25) is 17.5 Å². The van der Waals surface area contributed by atoms with Crippen molar-refractivity contribution in [3.8, 4) is 0 Å². The molecule has 1 fully saturated rings. The lowest BCUT2D eigenvalue weighted by atomic mass is 9.92. The van der Waals surface area contributed by atoms with Crippen molar-refractivity contribution in [2.24, 2.45) is 22.7 Å². The molecule has 3 unspecified atom stereocenters. The van der Waals surface area contributed by atoms with Gasteiger partial charge >= 0.3 is 17.9 Å². The van der Waals surface area contributed by atoms with Crippen LogP contribution in [0.25, 0.3) is 0 Å². The molecule has 1 saturated heterocycles. The second-order valence-corrected chi connectivity index (χ2v) is 14.1. The summed E-state index contributed by atoms with van der Waals surface area (Å²) in [4.78, 5) is 81.8. The number of hydrogen-bond acceptors (Lipinski definition) is 10. The van der Waals surface area contributed by atoms with E-state index in [0.717, 1.165) is 0 Å². The van der Waals surface area contributed by atoms with Crippen LogP contribution < -0.4 is 0 Å². The molecule has 0 aliphatic carbocycles. The molecule has 0 bridgehead atoms. The summed E-state index contributed by atoms with van der Waals surface area (Å²) < 4.78 is 16.2. The second kappa shape index (κ2) is 13.6. The number of rotatable bonds is 12. The largest absolute Gasteiger partial charge is 0.438 e. The van der Waals surface area contributed by atoms with Crippen LogP contribution in [0, 0.1) is 22.7 Å². The second-order valence-electron chi connectivity index (χ2n) is 12.2. The Bertz CT molecular complexity index is 916. The molecule has 1 aliphatic heterocycles. The Kier molecular flexibility index (Phi) is 12.0. The third kappa shape index (κ3) is 10.1. The Morgan fingerprint density at radius 1 is 0.895 bits per heavy atom. The van der Waals surface area contributed by atoms with Gasteiger partial charge in [-0.15, -0.1) is 5.06 Å². The number of ether oxygens (including phenoxy) is 2. The molecule has 0 aromatic rings. The van der Waals surface area contributed by atoms with Crippen LogP contribution in [0.1, 0.15) is 88.5 Å². The van der Waals surface area contributed by atoms with Crippen LogP contribution >= 0.6 is 8.15 Å². The average Bonchev–Trinajstić information content (AvgIpc) is 3.02. The number of hydroxylamine groups is 2. The summed E-state index contributed by atoms with van der Waals surface area (Å²) in [6, 6.07) is 0. The van der Waals surface area contributed by atoms with E-state index in [1.807, 2.05) is 13.8 Å². The van der Waals surface area contributed by atoms with Crippen LogP contribution in [0.5, 0.6) is 0 Å². The number of Topliss-reactive ketones (excluding diaryl/α,β-unsaturated/α-hetero) is 1. The third-order valence-electron chi connectivity index (χ3n) is 5.16. The molecule has 0 aromatic heterocycles. The van der Waals surface area contributed by atoms with Crippen molar-refractivity contribution in [2.45, 2.75) is 100 Å². The molecule has 0 aromatic carbocycles. The number of nitrogens with zero attached hydrogens (tertiary/aromatic N) is 1. The van der Waals surface area contributed by atoms with E-state index in [1.54, 1.807) is 55.4 Å². The highest BCUT2D eigenvalue weighted by molar-refractivity contribution is 7.75. The van der Waals surface area contributed by atoms with Gasteiger partial charge in [0.15, 0.2) is 6.79 Å². The lowest BCUT2D eigenvalue weighted by Gasteiger charge is -2.25. The van der Waals surface area contributed by atoms with Crippen LogP contribution in [0.3, 0.4) is 0 Å². The molecule has 216 valence electrons. The van der Waals surface area contributed by atoms with Gasteiger partial charge < -0.3 is 18.8 Å². The van der Waals surface area contributed by atoms with Crippen LogP contribution in [0.4, 0.5) is 0 Å². The zero-order valence-electron chi connectivity index (χ0n) is 24.1. The number of carbonyl (C=O) groups is 6. The Hall–Kier alpha value is -2.39. The average molecular weight is 560 g/mol. The minimum atomic E-state index is -2.51. The first-order valence-electron chi connectivity index (χ1n) is 12.7. The smallest absolute Gasteiger partial charge is 0.332 e. The Balaban J connectivity index is 3.31. The topological polar surface area (TPSA) is 143 Å². The van der Waals surface area contributed by atoms with Crippen LogP contribution in [-0.2, 0) is 47.6 Å². The summed E-state index contributed by atoms with van der Waals surface area (Å²) in [6.07, 6.45) is -1.51. The fourth-order valence-corrected chi connectivity index (χ4v) is 5.12. The third-order valence-corrected chi connectivity index (χ3v) is 7.14. The summed E-state index contributed by atoms with van der Waals surface area (Å²) in [5, 5.41) is 0.655. The Morgan fingerprint density at radius 2 is 1.42 bits per heavy atom. The van der Waals surface area contributed by atoms with Crippen LogP contribution in [0.2, 0.25) is 0 Å². The van der Waals surface area contributed by atoms with E-state index in [2.05, 4.69) is 0 Å². The summed E-state index contributed by atoms with van der Waals surface area (Å²) in [5.74, 6) is -3.66. The number of amides is 1. The number of carbonyl (C=O) groups excluding carboxylic acids is 6. The van der Waals surface area contributed by atoms with Gasteiger partial charge in [-0.25, -0.2) is 4.79 Å². The molecule has 1 rings (SSSR count). The zero-order valence-corrected chi connectivity index (χ0v) is 25.0. The summed E-state index contributed by atoms with van der Waals surface area (Å²) in [5.41, 5.74) is -4.14. The number of ketones is 1. The SMILES string of the molecule is CC(C)CC(=O)OC1CC(P(OCOC(=O)C(C)(C)C)C(=O)C(=O)C(C)(C)C)C(=O)N1OC(=O)CC(C)C. The maximum absolute atomic E-state index is 13.4. The van der Waals surface area contributed by atoms with Gasteiger partial charge in [0.25, 0.3) is 5.91 Å². The van der Waals surface area contributed by atoms with Gasteiger partial charge in [-0.1, -0.05) is 48.5 Å². The maximum Gasteiger partial charge on any atom is 0.332 e. The van der Waals surface area contributed by atoms with Crippen molar-refractivity contribution in [3.05, 3.63) is 0 Å². The van der Waals surface area contributed by atoms with Crippen molar-refractivity contribution < 1.29 is 47.6 Å². The molecular formula is C26H42NO10P. The van der Waals surface area contributed by atoms with Crippen molar-refractivity contribution in [2.75, 3.05) is 6.79 Å². The molecule has 0 spiro atoms. The molecule has 0 N–H and O–H groups in total. The van der Waals surface area contributed by atoms with Gasteiger partial charge in [0, 0.05) is 18.3 Å². The fourth-order valence-electron chi connectivity index (χ4n) is 3.15. The van der Waals surface area contributed by atoms with Gasteiger partial charge in [-0.2, -0.15) is 0 Å². The van der Waals surface area contributed by atoms with E-state index in [4.69, 9.17) is 18.8 Å². The van der Waals surface area contributed by atoms with Gasteiger partial charge in [0.1, 0.15) is 8.15 Å². The minimum Gasteiger partial charge on any atom is -0.438 e. The molecule has 38 heavy (non-hydrogen) atoms. The molecular weight excluding hydrogens is 517 g/mol. The summed E-state index contributed by atoms with van der Waals surface area (Å²) >= 11 is 0. The Labute approximate surface area is 226 Å². The first-order valence-corrected chi connectivity index (χ1v) is 14.0. The van der Waals surface area contributed by atoms with Crippen molar-refractivity contribution in [3.63, 3.8) is 0 Å². The van der Waals surface area contributed by atoms with Crippen molar-refractivity contribution >= 4 is 43.3 Å². The van der Waals surface area contributed by atoms with E-state index in [-0.39, 0.29) is 31.1 Å². The van der Waals surface area contributed by atoms with Crippen LogP contribution in [0.15, 0.2) is 0 Å². The predicted octanol–water partition coefficient (Wildman–Crippen LogP) is 4.11. The van der Waals surface area contributed by atoms with Gasteiger partial charge in [-0.3, -0.25) is 24.0 Å². The standard InChI is InChI=1S/C26H42NO10P/c1-15(2)11-19(28)36-18-13-17(22(31)27(18)37-20(29)12-16(3)4)38(23(32)21(30)25(5,6)7)35-14-34-24(33)26(8,9)10/h15-18H,11-14H2,1-10H3. The molecule has 12 heteroatoms. The molecule has 1 amide bonds. The molecule has 0 radical (unpaired) electrons. The highest BCUT2D eigenvalue weighted by Crippen LogP contribution is 2.51. The zero-order chi connectivity index (χ0) is 29.6. The quantitative estimate of drug-likeness (QED) is 0.148. The maximum atomic E-state index is 13.4. The summed E-state index contributed by atoms with van der Waals surface area (Å²) in [6.45, 7) is 16.1. The van der Waals surface area contributed by atoms with E-state index in [0.29, 0.717) is 5.06 Å². The molecule has 3 atom stereocenters. The van der Waals surface area contributed by atoms with E-state index >= 15 is 0 Å². The number of esters is 2. The normalized spacial score (nSPS) is 18.9. The van der Waals surface area contributed by atoms with Crippen molar-refractivity contribution in [1.29, 1.82) is 0 Å². The Morgan fingerprint density at radius 3 is 1.89 bits per heavy atom. The van der Waals surface area contributed by atoms with Gasteiger partial charge in [0.05, 0.1) is 17.5 Å². The predicted molar refractivity (Wildman–Crippen MR) is 138 cm³/mol. The van der Waals surface area contributed by atoms with E-state index < -0.39 is 72.8 Å². The lowest BCUT2D eigenvalue weighted by molar-refractivity contribution is -0.228. The monoisotopic (exact) mass is 559 g/mol. The fraction of sp³-hybridized carbons (Fsp3) is 0.769. The minimum absolute atomic E-state index is 0.00341. The lowest BCUT2D eigenvalue weighted by Crippen LogP contribution is -2.39. The molecule has 1 heterocycles. The molecule has 0 saturated carbocycles. The van der Waals surface area contributed by atoms with Gasteiger partial charge in [-0.05, 0) is 32.6 Å². The molecule has 11 nitrogen and oxygen atoms in total. The molecule has 1 aliphatic rings. The van der Waals surface area contributed by atoms with Crippen molar-refractivity contribution in [1.82, 2.24) is 5.06 Å². The van der Waals surface area contributed by atoms with E-state index in [9.17, 15) is 28.8 Å².